The van der Waals surface area contributed by atoms with Gasteiger partial charge in [-0.05, 0) is 41.9 Å². The maximum absolute atomic E-state index is 12.3. The molecule has 1 saturated carbocycles. The second kappa shape index (κ2) is 8.02. The first-order valence-electron chi connectivity index (χ1n) is 8.89. The average molecular weight is 334 g/mol. The topological polar surface area (TPSA) is 55.8 Å². The Bertz CT molecular complexity index is 566. The van der Waals surface area contributed by atoms with Gasteiger partial charge >= 0.3 is 5.97 Å². The molecule has 1 aromatic rings. The zero-order chi connectivity index (χ0) is 17.7. The lowest BCUT2D eigenvalue weighted by Gasteiger charge is -2.29. The Hall–Kier alpha value is -1.55. The fourth-order valence-electron chi connectivity index (χ4n) is 3.49. The van der Waals surface area contributed by atoms with E-state index in [1.54, 1.807) is 7.11 Å². The van der Waals surface area contributed by atoms with E-state index in [9.17, 15) is 4.79 Å². The Balaban J connectivity index is 2.51. The Morgan fingerprint density at radius 3 is 2.42 bits per heavy atom. The van der Waals surface area contributed by atoms with Crippen LogP contribution >= 0.6 is 0 Å². The van der Waals surface area contributed by atoms with Crippen molar-refractivity contribution < 1.29 is 19.4 Å². The molecule has 24 heavy (non-hydrogen) atoms. The highest BCUT2D eigenvalue weighted by molar-refractivity contribution is 5.90. The summed E-state index contributed by atoms with van der Waals surface area (Å²) in [7, 11) is 1.71. The summed E-state index contributed by atoms with van der Waals surface area (Å²) in [6.07, 6.45) is 5.99. The highest BCUT2D eigenvalue weighted by Crippen LogP contribution is 2.43. The number of rotatable bonds is 5. The minimum atomic E-state index is -0.380. The van der Waals surface area contributed by atoms with E-state index in [0.717, 1.165) is 29.7 Å². The van der Waals surface area contributed by atoms with Gasteiger partial charge in [-0.3, -0.25) is 0 Å². The number of methoxy groups -OCH3 is 1. The molecule has 1 aromatic carbocycles. The number of aliphatic hydroxyl groups excluding tert-OH is 1. The van der Waals surface area contributed by atoms with E-state index < -0.39 is 0 Å². The summed E-state index contributed by atoms with van der Waals surface area (Å²) in [4.78, 5) is 12.3. The number of hydrogen-bond acceptors (Lipinski definition) is 4. The fourth-order valence-corrected chi connectivity index (χ4v) is 3.49. The Morgan fingerprint density at radius 1 is 1.21 bits per heavy atom. The van der Waals surface area contributed by atoms with Crippen molar-refractivity contribution in [3.8, 4) is 5.75 Å². The van der Waals surface area contributed by atoms with Crippen LogP contribution in [-0.4, -0.2) is 31.4 Å². The summed E-state index contributed by atoms with van der Waals surface area (Å²) < 4.78 is 10.9. The normalized spacial score (nSPS) is 16.0. The predicted octanol–water partition coefficient (Wildman–Crippen LogP) is 4.19. The molecule has 0 aliphatic heterocycles. The zero-order valence-electron chi connectivity index (χ0n) is 15.4. The summed E-state index contributed by atoms with van der Waals surface area (Å²) in [5.74, 6) is 0.961. The quantitative estimate of drug-likeness (QED) is 0.820. The van der Waals surface area contributed by atoms with Gasteiger partial charge in [0, 0.05) is 5.56 Å². The van der Waals surface area contributed by atoms with E-state index in [1.165, 1.54) is 19.3 Å². The molecule has 0 radical (unpaired) electrons. The van der Waals surface area contributed by atoms with Crippen molar-refractivity contribution in [3.63, 3.8) is 0 Å². The molecule has 4 nitrogen and oxygen atoms in total. The monoisotopic (exact) mass is 334 g/mol. The van der Waals surface area contributed by atoms with Gasteiger partial charge in [0.25, 0.3) is 0 Å². The second-order valence-corrected chi connectivity index (χ2v) is 7.59. The smallest absolute Gasteiger partial charge is 0.338 e. The van der Waals surface area contributed by atoms with Gasteiger partial charge in [0.1, 0.15) is 12.4 Å². The molecule has 134 valence electrons. The van der Waals surface area contributed by atoms with E-state index in [2.05, 4.69) is 20.8 Å². The van der Waals surface area contributed by atoms with Gasteiger partial charge < -0.3 is 14.6 Å². The van der Waals surface area contributed by atoms with Crippen molar-refractivity contribution in [3.05, 3.63) is 28.8 Å². The van der Waals surface area contributed by atoms with Gasteiger partial charge in [-0.2, -0.15) is 0 Å². The van der Waals surface area contributed by atoms with E-state index in [0.29, 0.717) is 11.5 Å². The lowest BCUT2D eigenvalue weighted by atomic mass is 9.78. The first kappa shape index (κ1) is 18.8. The summed E-state index contributed by atoms with van der Waals surface area (Å²) in [6.45, 7) is 6.23. The molecule has 1 aliphatic rings. The molecule has 1 aliphatic carbocycles. The molecule has 0 heterocycles. The van der Waals surface area contributed by atoms with E-state index in [4.69, 9.17) is 14.6 Å². The number of carbonyl (C=O) groups excluding carboxylic acids is 1. The molecule has 0 atom stereocenters. The second-order valence-electron chi connectivity index (χ2n) is 7.59. The Labute approximate surface area is 145 Å². The van der Waals surface area contributed by atoms with Crippen LogP contribution < -0.4 is 4.74 Å². The Kier molecular flexibility index (Phi) is 6.27. The SMILES string of the molecule is COc1c(C2CCCCC2)cc(C(=O)OCCO)cc1C(C)(C)C. The van der Waals surface area contributed by atoms with Crippen LogP contribution in [0.4, 0.5) is 0 Å². The van der Waals surface area contributed by atoms with Crippen LogP contribution in [0.5, 0.6) is 5.75 Å². The van der Waals surface area contributed by atoms with Crippen LogP contribution in [0.25, 0.3) is 0 Å². The van der Waals surface area contributed by atoms with Gasteiger partial charge in [0.15, 0.2) is 0 Å². The number of benzene rings is 1. The number of ether oxygens (including phenoxy) is 2. The van der Waals surface area contributed by atoms with Crippen molar-refractivity contribution in [1.82, 2.24) is 0 Å². The van der Waals surface area contributed by atoms with Crippen LogP contribution in [0.2, 0.25) is 0 Å². The summed E-state index contributed by atoms with van der Waals surface area (Å²) in [5, 5.41) is 8.89. The van der Waals surface area contributed by atoms with E-state index in [-0.39, 0.29) is 24.6 Å². The molecular formula is C20H30O4. The van der Waals surface area contributed by atoms with Gasteiger partial charge in [-0.25, -0.2) is 4.79 Å². The summed E-state index contributed by atoms with van der Waals surface area (Å²) in [5.41, 5.74) is 2.57. The van der Waals surface area contributed by atoms with Gasteiger partial charge in [0.05, 0.1) is 19.3 Å². The van der Waals surface area contributed by atoms with Crippen LogP contribution in [0.1, 0.15) is 80.3 Å². The first-order chi connectivity index (χ1) is 11.4. The number of hydrogen-bond donors (Lipinski definition) is 1. The fraction of sp³-hybridized carbons (Fsp3) is 0.650. The number of esters is 1. The summed E-state index contributed by atoms with van der Waals surface area (Å²) >= 11 is 0. The predicted molar refractivity (Wildman–Crippen MR) is 94.9 cm³/mol. The average Bonchev–Trinajstić information content (AvgIpc) is 2.58. The largest absolute Gasteiger partial charge is 0.496 e. The van der Waals surface area contributed by atoms with E-state index >= 15 is 0 Å². The molecule has 1 fully saturated rings. The van der Waals surface area contributed by atoms with Crippen molar-refractivity contribution in [1.29, 1.82) is 0 Å². The molecule has 0 aromatic heterocycles. The third-order valence-electron chi connectivity index (χ3n) is 4.73. The third-order valence-corrected chi connectivity index (χ3v) is 4.73. The molecule has 0 bridgehead atoms. The van der Waals surface area contributed by atoms with Gasteiger partial charge in [0.2, 0.25) is 0 Å². The van der Waals surface area contributed by atoms with Gasteiger partial charge in [-0.1, -0.05) is 40.0 Å². The highest BCUT2D eigenvalue weighted by Gasteiger charge is 2.28. The maximum Gasteiger partial charge on any atom is 0.338 e. The number of carbonyl (C=O) groups is 1. The van der Waals surface area contributed by atoms with Crippen LogP contribution in [0, 0.1) is 0 Å². The molecule has 0 spiro atoms. The van der Waals surface area contributed by atoms with Crippen molar-refractivity contribution in [2.75, 3.05) is 20.3 Å². The molecule has 1 N–H and O–H groups in total. The lowest BCUT2D eigenvalue weighted by molar-refractivity contribution is 0.0433. The minimum absolute atomic E-state index is 0.0223. The summed E-state index contributed by atoms with van der Waals surface area (Å²) in [6, 6.07) is 3.81. The van der Waals surface area contributed by atoms with Crippen LogP contribution in [0.15, 0.2) is 12.1 Å². The molecule has 0 saturated heterocycles. The maximum atomic E-state index is 12.3. The van der Waals surface area contributed by atoms with Crippen molar-refractivity contribution in [2.45, 2.75) is 64.2 Å². The molecular weight excluding hydrogens is 304 g/mol. The molecule has 0 unspecified atom stereocenters. The molecule has 0 amide bonds. The van der Waals surface area contributed by atoms with Crippen molar-refractivity contribution in [2.24, 2.45) is 0 Å². The van der Waals surface area contributed by atoms with Gasteiger partial charge in [-0.15, -0.1) is 0 Å². The third kappa shape index (κ3) is 4.29. The van der Waals surface area contributed by atoms with Crippen molar-refractivity contribution >= 4 is 5.97 Å². The van der Waals surface area contributed by atoms with Crippen LogP contribution in [-0.2, 0) is 10.2 Å². The molecule has 4 heteroatoms. The lowest BCUT2D eigenvalue weighted by Crippen LogP contribution is -2.18. The molecule has 2 rings (SSSR count). The van der Waals surface area contributed by atoms with E-state index in [1.807, 2.05) is 12.1 Å². The zero-order valence-corrected chi connectivity index (χ0v) is 15.4. The minimum Gasteiger partial charge on any atom is -0.496 e. The first-order valence-corrected chi connectivity index (χ1v) is 8.89. The highest BCUT2D eigenvalue weighted by atomic mass is 16.5. The standard InChI is InChI=1S/C20H30O4/c1-20(2,3)17-13-15(19(22)24-11-10-21)12-16(18(17)23-4)14-8-6-5-7-9-14/h12-14,21H,5-11H2,1-4H3. The Morgan fingerprint density at radius 2 is 1.88 bits per heavy atom. The number of aliphatic hydroxyl groups is 1. The van der Waals surface area contributed by atoms with Crippen LogP contribution in [0.3, 0.4) is 0 Å².